The molecule has 1 heterocycles. The molecule has 2 aromatic rings. The average molecular weight is 371 g/mol. The van der Waals surface area contributed by atoms with Crippen LogP contribution < -0.4 is 15.4 Å². The summed E-state index contributed by atoms with van der Waals surface area (Å²) in [6, 6.07) is 4.55. The van der Waals surface area contributed by atoms with Crippen LogP contribution in [-0.2, 0) is 4.79 Å². The molecule has 3 N–H and O–H groups in total. The molecule has 0 aliphatic rings. The molecule has 1 unspecified atom stereocenters. The van der Waals surface area contributed by atoms with Gasteiger partial charge in [0.1, 0.15) is 5.75 Å². The molecule has 7 heteroatoms. The largest absolute Gasteiger partial charge is 0.495 e. The maximum Gasteiger partial charge on any atom is 0.221 e. The van der Waals surface area contributed by atoms with Gasteiger partial charge in [-0.15, -0.1) is 0 Å². The molecule has 27 heavy (non-hydrogen) atoms. The highest BCUT2D eigenvalue weighted by molar-refractivity contribution is 6.06. The van der Waals surface area contributed by atoms with E-state index in [-0.39, 0.29) is 17.5 Å². The van der Waals surface area contributed by atoms with Gasteiger partial charge in [0.2, 0.25) is 11.7 Å². The van der Waals surface area contributed by atoms with Gasteiger partial charge in [-0.2, -0.15) is 0 Å². The van der Waals surface area contributed by atoms with Crippen LogP contribution in [-0.4, -0.2) is 35.6 Å². The van der Waals surface area contributed by atoms with E-state index in [4.69, 9.17) is 4.74 Å². The Morgan fingerprint density at radius 1 is 1.15 bits per heavy atom. The number of benzene rings is 1. The topological polar surface area (TPSA) is 100 Å². The summed E-state index contributed by atoms with van der Waals surface area (Å²) in [5.74, 6) is 0.109. The third-order valence-corrected chi connectivity index (χ3v) is 4.32. The SMILES string of the molecule is COc1ccc(NC(C)=O)cc1NC(C)C(=O)c1[nH]c(C)c(C(C)=O)c1C. The average Bonchev–Trinajstić information content (AvgIpc) is 2.88. The molecule has 0 bridgehead atoms. The van der Waals surface area contributed by atoms with Crippen molar-refractivity contribution in [2.75, 3.05) is 17.7 Å². The number of amides is 1. The maximum absolute atomic E-state index is 12.9. The second-order valence-electron chi connectivity index (χ2n) is 6.51. The monoisotopic (exact) mass is 371 g/mol. The van der Waals surface area contributed by atoms with Gasteiger partial charge in [-0.1, -0.05) is 0 Å². The Morgan fingerprint density at radius 2 is 1.81 bits per heavy atom. The normalized spacial score (nSPS) is 11.6. The van der Waals surface area contributed by atoms with Crippen molar-refractivity contribution in [2.45, 2.75) is 40.7 Å². The number of rotatable bonds is 7. The van der Waals surface area contributed by atoms with Gasteiger partial charge in [-0.05, 0) is 51.5 Å². The Hall–Kier alpha value is -3.09. The van der Waals surface area contributed by atoms with Crippen molar-refractivity contribution in [1.82, 2.24) is 4.98 Å². The number of ketones is 2. The molecule has 0 saturated heterocycles. The molecule has 1 aromatic heterocycles. The van der Waals surface area contributed by atoms with Crippen molar-refractivity contribution in [3.05, 3.63) is 40.7 Å². The lowest BCUT2D eigenvalue weighted by molar-refractivity contribution is -0.114. The zero-order chi connectivity index (χ0) is 20.3. The van der Waals surface area contributed by atoms with Crippen LogP contribution in [0.3, 0.4) is 0 Å². The van der Waals surface area contributed by atoms with Crippen molar-refractivity contribution in [2.24, 2.45) is 0 Å². The smallest absolute Gasteiger partial charge is 0.221 e. The van der Waals surface area contributed by atoms with E-state index in [1.54, 1.807) is 39.0 Å². The van der Waals surface area contributed by atoms with E-state index in [0.717, 1.165) is 0 Å². The van der Waals surface area contributed by atoms with Gasteiger partial charge in [0.15, 0.2) is 5.78 Å². The van der Waals surface area contributed by atoms with Gasteiger partial charge in [-0.3, -0.25) is 14.4 Å². The summed E-state index contributed by atoms with van der Waals surface area (Å²) in [4.78, 5) is 39.0. The summed E-state index contributed by atoms with van der Waals surface area (Å²) in [5.41, 5.74) is 3.47. The van der Waals surface area contributed by atoms with E-state index in [0.29, 0.717) is 39.6 Å². The Kier molecular flexibility index (Phi) is 6.05. The number of methoxy groups -OCH3 is 1. The van der Waals surface area contributed by atoms with Crippen LogP contribution >= 0.6 is 0 Å². The van der Waals surface area contributed by atoms with Crippen LogP contribution in [0.25, 0.3) is 0 Å². The van der Waals surface area contributed by atoms with Crippen LogP contribution in [0.5, 0.6) is 5.75 Å². The number of H-pyrrole nitrogens is 1. The zero-order valence-corrected chi connectivity index (χ0v) is 16.4. The van der Waals surface area contributed by atoms with Gasteiger partial charge in [0.05, 0.1) is 24.5 Å². The van der Waals surface area contributed by atoms with E-state index < -0.39 is 6.04 Å². The molecule has 0 fully saturated rings. The predicted octanol–water partition coefficient (Wildman–Crippen LogP) is 3.48. The maximum atomic E-state index is 12.9. The molecule has 7 nitrogen and oxygen atoms in total. The quantitative estimate of drug-likeness (QED) is 0.647. The van der Waals surface area contributed by atoms with Crippen LogP contribution in [0.2, 0.25) is 0 Å². The van der Waals surface area contributed by atoms with E-state index in [1.807, 2.05) is 0 Å². The number of hydrogen-bond acceptors (Lipinski definition) is 5. The molecule has 0 spiro atoms. The molecule has 2 rings (SSSR count). The standard InChI is InChI=1S/C20H25N3O4/c1-10-18(13(4)24)11(2)22-19(10)20(26)12(3)21-16-9-15(23-14(5)25)7-8-17(16)27-6/h7-9,12,21-22H,1-6H3,(H,23,25). The Morgan fingerprint density at radius 3 is 2.33 bits per heavy atom. The van der Waals surface area contributed by atoms with Crippen molar-refractivity contribution >= 4 is 28.8 Å². The number of carbonyl (C=O) groups is 3. The minimum atomic E-state index is -0.581. The molecule has 0 saturated carbocycles. The highest BCUT2D eigenvalue weighted by atomic mass is 16.5. The Labute approximate surface area is 158 Å². The van der Waals surface area contributed by atoms with Crippen molar-refractivity contribution < 1.29 is 19.1 Å². The number of hydrogen-bond donors (Lipinski definition) is 3. The van der Waals surface area contributed by atoms with E-state index in [9.17, 15) is 14.4 Å². The zero-order valence-electron chi connectivity index (χ0n) is 16.4. The van der Waals surface area contributed by atoms with Gasteiger partial charge < -0.3 is 20.4 Å². The van der Waals surface area contributed by atoms with Crippen molar-refractivity contribution in [1.29, 1.82) is 0 Å². The van der Waals surface area contributed by atoms with E-state index in [1.165, 1.54) is 21.0 Å². The molecular formula is C20H25N3O4. The highest BCUT2D eigenvalue weighted by Crippen LogP contribution is 2.29. The number of nitrogens with one attached hydrogen (secondary N) is 3. The lowest BCUT2D eigenvalue weighted by Crippen LogP contribution is -2.27. The van der Waals surface area contributed by atoms with Crippen LogP contribution in [0.4, 0.5) is 11.4 Å². The fraction of sp³-hybridized carbons (Fsp3) is 0.350. The van der Waals surface area contributed by atoms with Gasteiger partial charge in [0.25, 0.3) is 0 Å². The van der Waals surface area contributed by atoms with Gasteiger partial charge >= 0.3 is 0 Å². The fourth-order valence-electron chi connectivity index (χ4n) is 3.14. The summed E-state index contributed by atoms with van der Waals surface area (Å²) in [6.45, 7) is 8.18. The number of ether oxygens (including phenoxy) is 1. The second-order valence-corrected chi connectivity index (χ2v) is 6.51. The van der Waals surface area contributed by atoms with Gasteiger partial charge in [0, 0.05) is 23.9 Å². The number of Topliss-reactive ketones (excluding diaryl/α,β-unsaturated/α-hetero) is 2. The minimum absolute atomic E-state index is 0.0782. The molecule has 0 radical (unpaired) electrons. The molecule has 144 valence electrons. The number of aromatic nitrogens is 1. The summed E-state index contributed by atoms with van der Waals surface area (Å²) < 4.78 is 5.33. The van der Waals surface area contributed by atoms with Crippen molar-refractivity contribution in [3.8, 4) is 5.75 Å². The molecule has 0 aliphatic heterocycles. The first kappa shape index (κ1) is 20.2. The lowest BCUT2D eigenvalue weighted by atomic mass is 10.0. The third kappa shape index (κ3) is 4.36. The Bertz CT molecular complexity index is 899. The summed E-state index contributed by atoms with van der Waals surface area (Å²) >= 11 is 0. The van der Waals surface area contributed by atoms with Gasteiger partial charge in [-0.25, -0.2) is 0 Å². The number of anilines is 2. The van der Waals surface area contributed by atoms with Crippen LogP contribution in [0.15, 0.2) is 18.2 Å². The number of carbonyl (C=O) groups excluding carboxylic acids is 3. The second kappa shape index (κ2) is 8.07. The van der Waals surface area contributed by atoms with Crippen molar-refractivity contribution in [3.63, 3.8) is 0 Å². The molecule has 0 aliphatic carbocycles. The lowest BCUT2D eigenvalue weighted by Gasteiger charge is -2.18. The number of aryl methyl sites for hydroxylation is 1. The minimum Gasteiger partial charge on any atom is -0.495 e. The molecule has 1 amide bonds. The fourth-order valence-corrected chi connectivity index (χ4v) is 3.14. The molecule has 1 aromatic carbocycles. The first-order chi connectivity index (χ1) is 12.6. The Balaban J connectivity index is 2.30. The summed E-state index contributed by atoms with van der Waals surface area (Å²) in [7, 11) is 1.53. The van der Waals surface area contributed by atoms with Crippen LogP contribution in [0, 0.1) is 13.8 Å². The third-order valence-electron chi connectivity index (χ3n) is 4.32. The number of aromatic amines is 1. The van der Waals surface area contributed by atoms with E-state index >= 15 is 0 Å². The molecular weight excluding hydrogens is 346 g/mol. The highest BCUT2D eigenvalue weighted by Gasteiger charge is 2.24. The summed E-state index contributed by atoms with van der Waals surface area (Å²) in [5, 5.41) is 5.83. The van der Waals surface area contributed by atoms with Crippen LogP contribution in [0.1, 0.15) is 52.9 Å². The first-order valence-corrected chi connectivity index (χ1v) is 8.62. The summed E-state index contributed by atoms with van der Waals surface area (Å²) in [6.07, 6.45) is 0. The van der Waals surface area contributed by atoms with E-state index in [2.05, 4.69) is 15.6 Å². The predicted molar refractivity (Wildman–Crippen MR) is 105 cm³/mol. The first-order valence-electron chi connectivity index (χ1n) is 8.62. The molecule has 1 atom stereocenters.